The number of ether oxygens (including phenoxy) is 1. The average molecular weight is 627 g/mol. The van der Waals surface area contributed by atoms with Crippen LogP contribution in [0.3, 0.4) is 0 Å². The number of methoxy groups -OCH3 is 1. The molecular weight excluding hydrogens is 600 g/mol. The van der Waals surface area contributed by atoms with Gasteiger partial charge in [0.1, 0.15) is 11.6 Å². The Kier molecular flexibility index (Phi) is 8.80. The van der Waals surface area contributed by atoms with Crippen LogP contribution < -0.4 is 10.1 Å². The van der Waals surface area contributed by atoms with Gasteiger partial charge in [-0.1, -0.05) is 48.2 Å². The second-order valence-electron chi connectivity index (χ2n) is 9.80. The second-order valence-corrected chi connectivity index (χ2v) is 11.7. The van der Waals surface area contributed by atoms with Gasteiger partial charge in [0.05, 0.1) is 36.0 Å². The number of carbonyl (C=O) groups is 2. The highest BCUT2D eigenvalue weighted by molar-refractivity contribution is 7.99. The summed E-state index contributed by atoms with van der Waals surface area (Å²) in [5.74, 6) is 0.505. The summed E-state index contributed by atoms with van der Waals surface area (Å²) >= 11 is 2.59. The van der Waals surface area contributed by atoms with Crippen LogP contribution in [0.1, 0.15) is 39.1 Å². The van der Waals surface area contributed by atoms with Gasteiger partial charge in [0.2, 0.25) is 0 Å². The molecule has 0 unspecified atom stereocenters. The van der Waals surface area contributed by atoms with Gasteiger partial charge in [-0.25, -0.2) is 9.40 Å². The lowest BCUT2D eigenvalue weighted by atomic mass is 9.98. The van der Waals surface area contributed by atoms with Crippen LogP contribution in [-0.4, -0.2) is 50.2 Å². The number of nitrogens with zero attached hydrogens (tertiary/aromatic N) is 5. The third-order valence-electron chi connectivity index (χ3n) is 7.04. The molecule has 2 aromatic heterocycles. The minimum Gasteiger partial charge on any atom is -0.497 e. The third kappa shape index (κ3) is 6.41. The number of carbonyl (C=O) groups excluding carboxylic acids is 2. The van der Waals surface area contributed by atoms with Crippen molar-refractivity contribution in [1.82, 2.24) is 25.1 Å². The topological polar surface area (TPSA) is 102 Å². The number of rotatable bonds is 10. The molecule has 1 atom stereocenters. The van der Waals surface area contributed by atoms with Crippen LogP contribution in [0.25, 0.3) is 5.69 Å². The van der Waals surface area contributed by atoms with E-state index in [-0.39, 0.29) is 29.9 Å². The van der Waals surface area contributed by atoms with E-state index in [4.69, 9.17) is 9.84 Å². The lowest BCUT2D eigenvalue weighted by Crippen LogP contribution is -2.28. The van der Waals surface area contributed by atoms with Crippen molar-refractivity contribution in [3.8, 4) is 11.4 Å². The first-order chi connectivity index (χ1) is 21.5. The molecule has 2 amide bonds. The number of halogens is 1. The van der Waals surface area contributed by atoms with Crippen LogP contribution in [0.15, 0.2) is 107 Å². The molecule has 3 heterocycles. The fraction of sp³-hybridized carbons (Fsp3) is 0.156. The van der Waals surface area contributed by atoms with Gasteiger partial charge in [0.15, 0.2) is 11.0 Å². The second kappa shape index (κ2) is 13.2. The number of hydrogen-bond donors (Lipinski definition) is 1. The van der Waals surface area contributed by atoms with Crippen LogP contribution in [0.4, 0.5) is 4.39 Å². The van der Waals surface area contributed by atoms with Crippen LogP contribution in [0, 0.1) is 5.82 Å². The summed E-state index contributed by atoms with van der Waals surface area (Å²) in [7, 11) is 1.60. The maximum absolute atomic E-state index is 13.7. The lowest BCUT2D eigenvalue weighted by Gasteiger charge is -2.22. The summed E-state index contributed by atoms with van der Waals surface area (Å²) in [5.41, 5.74) is 3.21. The third-order valence-corrected chi connectivity index (χ3v) is 8.82. The zero-order chi connectivity index (χ0) is 30.5. The maximum Gasteiger partial charge on any atom is 0.261 e. The van der Waals surface area contributed by atoms with Crippen LogP contribution in [0.2, 0.25) is 0 Å². The summed E-state index contributed by atoms with van der Waals surface area (Å²) in [6.07, 6.45) is 0.475. The molecular formula is C32H27FN6O3S2. The molecule has 0 radical (unpaired) electrons. The van der Waals surface area contributed by atoms with Gasteiger partial charge < -0.3 is 10.1 Å². The van der Waals surface area contributed by atoms with Gasteiger partial charge in [-0.2, -0.15) is 5.10 Å². The van der Waals surface area contributed by atoms with Crippen molar-refractivity contribution in [1.29, 1.82) is 0 Å². The highest BCUT2D eigenvalue weighted by Crippen LogP contribution is 2.34. The zero-order valence-corrected chi connectivity index (χ0v) is 25.2. The molecule has 0 fully saturated rings. The van der Waals surface area contributed by atoms with Crippen molar-refractivity contribution in [3.05, 3.63) is 124 Å². The van der Waals surface area contributed by atoms with Gasteiger partial charge in [-0.05, 0) is 71.1 Å². The molecule has 0 saturated carbocycles. The average Bonchev–Trinajstić information content (AvgIpc) is 3.84. The van der Waals surface area contributed by atoms with Gasteiger partial charge in [0.25, 0.3) is 11.8 Å². The van der Waals surface area contributed by atoms with E-state index in [0.29, 0.717) is 22.3 Å². The molecule has 0 spiro atoms. The van der Waals surface area contributed by atoms with Gasteiger partial charge in [-0.3, -0.25) is 14.2 Å². The van der Waals surface area contributed by atoms with Crippen molar-refractivity contribution >= 4 is 40.6 Å². The number of benzene rings is 3. The standard InChI is InChI=1S/C32H27FN6O3S2/c1-42-25-15-11-21(12-16-25)26-18-27(22-9-13-23(33)14-10-22)39(37-26)30(40)20-44-32-36-35-29(38(32)24-6-3-2-4-7-24)19-34-31(41)28-8-5-17-43-28/h2-17,27H,18-20H2,1H3,(H,34,41)/t27-/m0/s1. The highest BCUT2D eigenvalue weighted by atomic mass is 32.2. The van der Waals surface area contributed by atoms with E-state index < -0.39 is 6.04 Å². The van der Waals surface area contributed by atoms with E-state index >= 15 is 0 Å². The molecule has 3 aromatic carbocycles. The fourth-order valence-electron chi connectivity index (χ4n) is 4.83. The molecule has 5 aromatic rings. The molecule has 0 aliphatic carbocycles. The first-order valence-electron chi connectivity index (χ1n) is 13.7. The number of thiophene rings is 1. The Bertz CT molecular complexity index is 1780. The molecule has 1 aliphatic heterocycles. The first-order valence-corrected chi connectivity index (χ1v) is 15.6. The van der Waals surface area contributed by atoms with Crippen molar-refractivity contribution in [2.75, 3.05) is 12.9 Å². The maximum atomic E-state index is 13.7. The van der Waals surface area contributed by atoms with Crippen LogP contribution >= 0.6 is 23.1 Å². The number of hydrogen-bond acceptors (Lipinski definition) is 8. The summed E-state index contributed by atoms with van der Waals surface area (Å²) in [6, 6.07) is 26.4. The molecule has 44 heavy (non-hydrogen) atoms. The molecule has 9 nitrogen and oxygen atoms in total. The van der Waals surface area contributed by atoms with Crippen molar-refractivity contribution in [2.24, 2.45) is 5.10 Å². The van der Waals surface area contributed by atoms with E-state index in [1.54, 1.807) is 25.3 Å². The highest BCUT2D eigenvalue weighted by Gasteiger charge is 2.33. The Hall–Kier alpha value is -4.81. The smallest absolute Gasteiger partial charge is 0.261 e. The SMILES string of the molecule is COc1ccc(C2=NN(C(=O)CSc3nnc(CNC(=O)c4cccs4)n3-c3ccccc3)[C@H](c3ccc(F)cc3)C2)cc1. The van der Waals surface area contributed by atoms with Crippen molar-refractivity contribution in [3.63, 3.8) is 0 Å². The Morgan fingerprint density at radius 3 is 2.48 bits per heavy atom. The van der Waals surface area contributed by atoms with Gasteiger partial charge >= 0.3 is 0 Å². The van der Waals surface area contributed by atoms with Crippen molar-refractivity contribution < 1.29 is 18.7 Å². The first kappa shape index (κ1) is 29.3. The zero-order valence-electron chi connectivity index (χ0n) is 23.6. The minimum atomic E-state index is -0.393. The van der Waals surface area contributed by atoms with E-state index in [0.717, 1.165) is 28.3 Å². The normalized spacial score (nSPS) is 14.4. The minimum absolute atomic E-state index is 0.0314. The number of para-hydroxylation sites is 1. The predicted molar refractivity (Wildman–Crippen MR) is 168 cm³/mol. The number of thioether (sulfide) groups is 1. The Labute approximate surface area is 261 Å². The monoisotopic (exact) mass is 626 g/mol. The van der Waals surface area contributed by atoms with Gasteiger partial charge in [-0.15, -0.1) is 21.5 Å². The van der Waals surface area contributed by atoms with Gasteiger partial charge in [0, 0.05) is 12.1 Å². The quantitative estimate of drug-likeness (QED) is 0.195. The number of hydrazone groups is 1. The fourth-order valence-corrected chi connectivity index (χ4v) is 6.30. The molecule has 12 heteroatoms. The Morgan fingerprint density at radius 1 is 1.00 bits per heavy atom. The predicted octanol–water partition coefficient (Wildman–Crippen LogP) is 5.88. The molecule has 222 valence electrons. The number of aromatic nitrogens is 3. The number of amides is 2. The molecule has 1 aliphatic rings. The van der Waals surface area contributed by atoms with E-state index in [2.05, 4.69) is 15.5 Å². The summed E-state index contributed by atoms with van der Waals surface area (Å²) in [4.78, 5) is 26.9. The molecule has 0 saturated heterocycles. The summed E-state index contributed by atoms with van der Waals surface area (Å²) < 4.78 is 20.9. The Balaban J connectivity index is 1.23. The van der Waals surface area contributed by atoms with E-state index in [1.165, 1.54) is 40.2 Å². The van der Waals surface area contributed by atoms with Crippen molar-refractivity contribution in [2.45, 2.75) is 24.2 Å². The number of nitrogens with one attached hydrogen (secondary N) is 1. The summed E-state index contributed by atoms with van der Waals surface area (Å²) in [6.45, 7) is 0.154. The van der Waals surface area contributed by atoms with E-state index in [1.807, 2.05) is 70.6 Å². The van der Waals surface area contributed by atoms with Crippen LogP contribution in [0.5, 0.6) is 5.75 Å². The van der Waals surface area contributed by atoms with E-state index in [9.17, 15) is 14.0 Å². The molecule has 6 rings (SSSR count). The van der Waals surface area contributed by atoms with Crippen LogP contribution in [-0.2, 0) is 11.3 Å². The Morgan fingerprint density at radius 2 is 1.77 bits per heavy atom. The molecule has 0 bridgehead atoms. The molecule has 1 N–H and O–H groups in total. The summed E-state index contributed by atoms with van der Waals surface area (Å²) in [5, 5.41) is 20.2. The lowest BCUT2D eigenvalue weighted by molar-refractivity contribution is -0.130. The largest absolute Gasteiger partial charge is 0.497 e.